The normalized spacial score (nSPS) is 14.9. The number of urea groups is 1. The minimum Gasteiger partial charge on any atom is -0.372 e. The second-order valence-corrected chi connectivity index (χ2v) is 6.77. The van der Waals surface area contributed by atoms with Crippen LogP contribution in [0.2, 0.25) is 0 Å². The van der Waals surface area contributed by atoms with Crippen molar-refractivity contribution in [1.29, 1.82) is 0 Å². The standard InChI is InChI=1S/C21H26N4O2/c1-16(22-21(27)24-17-8-4-2-5-9-17)20(26)23-18-10-12-19(13-11-18)25-14-6-3-7-15-25/h2,4-5,8-13,16H,3,6-7,14-15H2,1H3,(H,23,26)(H2,22,24,27). The molecule has 0 aromatic heterocycles. The van der Waals surface area contributed by atoms with Gasteiger partial charge >= 0.3 is 6.03 Å². The highest BCUT2D eigenvalue weighted by molar-refractivity contribution is 5.99. The van der Waals surface area contributed by atoms with Gasteiger partial charge in [0.2, 0.25) is 5.91 Å². The van der Waals surface area contributed by atoms with E-state index >= 15 is 0 Å². The van der Waals surface area contributed by atoms with Crippen molar-refractivity contribution in [3.63, 3.8) is 0 Å². The molecule has 3 N–H and O–H groups in total. The van der Waals surface area contributed by atoms with Gasteiger partial charge in [0.1, 0.15) is 6.04 Å². The van der Waals surface area contributed by atoms with Crippen molar-refractivity contribution < 1.29 is 9.59 Å². The number of rotatable bonds is 5. The molecule has 0 saturated carbocycles. The zero-order chi connectivity index (χ0) is 19.1. The van der Waals surface area contributed by atoms with Gasteiger partial charge in [-0.25, -0.2) is 4.79 Å². The number of amides is 3. The molecule has 2 aromatic rings. The highest BCUT2D eigenvalue weighted by atomic mass is 16.2. The van der Waals surface area contributed by atoms with Crippen LogP contribution in [0.25, 0.3) is 0 Å². The molecule has 6 heteroatoms. The van der Waals surface area contributed by atoms with Crippen LogP contribution >= 0.6 is 0 Å². The van der Waals surface area contributed by atoms with Gasteiger partial charge in [-0.05, 0) is 62.6 Å². The zero-order valence-corrected chi connectivity index (χ0v) is 15.6. The zero-order valence-electron chi connectivity index (χ0n) is 15.6. The molecule has 3 rings (SSSR count). The minimum atomic E-state index is -0.657. The number of nitrogens with one attached hydrogen (secondary N) is 3. The number of carbonyl (C=O) groups excluding carboxylic acids is 2. The number of benzene rings is 2. The van der Waals surface area contributed by atoms with Crippen molar-refractivity contribution >= 4 is 29.0 Å². The van der Waals surface area contributed by atoms with Crippen LogP contribution in [0.3, 0.4) is 0 Å². The van der Waals surface area contributed by atoms with Crippen LogP contribution in [0.5, 0.6) is 0 Å². The smallest absolute Gasteiger partial charge is 0.319 e. The first kappa shape index (κ1) is 18.8. The number of anilines is 3. The molecule has 142 valence electrons. The van der Waals surface area contributed by atoms with Crippen molar-refractivity contribution in [3.05, 3.63) is 54.6 Å². The fourth-order valence-corrected chi connectivity index (χ4v) is 3.11. The Morgan fingerprint density at radius 3 is 2.15 bits per heavy atom. The predicted molar refractivity (Wildman–Crippen MR) is 109 cm³/mol. The molecule has 1 atom stereocenters. The van der Waals surface area contributed by atoms with Gasteiger partial charge in [0, 0.05) is 30.2 Å². The molecule has 3 amide bonds. The lowest BCUT2D eigenvalue weighted by molar-refractivity contribution is -0.117. The van der Waals surface area contributed by atoms with Gasteiger partial charge in [-0.2, -0.15) is 0 Å². The van der Waals surface area contributed by atoms with E-state index in [4.69, 9.17) is 0 Å². The van der Waals surface area contributed by atoms with E-state index < -0.39 is 12.1 Å². The Bertz CT molecular complexity index is 756. The number of hydrogen-bond donors (Lipinski definition) is 3. The van der Waals surface area contributed by atoms with Gasteiger partial charge in [0.25, 0.3) is 0 Å². The van der Waals surface area contributed by atoms with E-state index in [0.717, 1.165) is 18.8 Å². The molecule has 6 nitrogen and oxygen atoms in total. The Kier molecular flexibility index (Phi) is 6.30. The third-order valence-electron chi connectivity index (χ3n) is 4.63. The van der Waals surface area contributed by atoms with E-state index in [1.165, 1.54) is 24.9 Å². The Hall–Kier alpha value is -3.02. The van der Waals surface area contributed by atoms with Crippen LogP contribution in [0, 0.1) is 0 Å². The van der Waals surface area contributed by atoms with Crippen LogP contribution in [0.1, 0.15) is 26.2 Å². The third kappa shape index (κ3) is 5.48. The van der Waals surface area contributed by atoms with E-state index in [-0.39, 0.29) is 5.91 Å². The Balaban J connectivity index is 1.49. The Labute approximate surface area is 159 Å². The maximum absolute atomic E-state index is 12.3. The molecule has 0 aliphatic carbocycles. The number of carbonyl (C=O) groups is 2. The monoisotopic (exact) mass is 366 g/mol. The van der Waals surface area contributed by atoms with Crippen molar-refractivity contribution in [2.24, 2.45) is 0 Å². The maximum Gasteiger partial charge on any atom is 0.319 e. The lowest BCUT2D eigenvalue weighted by Gasteiger charge is -2.28. The summed E-state index contributed by atoms with van der Waals surface area (Å²) in [6, 6.07) is 15.9. The first-order chi connectivity index (χ1) is 13.1. The minimum absolute atomic E-state index is 0.260. The average Bonchev–Trinajstić information content (AvgIpc) is 2.70. The number of hydrogen-bond acceptors (Lipinski definition) is 3. The van der Waals surface area contributed by atoms with E-state index in [1.54, 1.807) is 19.1 Å². The number of para-hydroxylation sites is 1. The molecule has 1 fully saturated rings. The van der Waals surface area contributed by atoms with Gasteiger partial charge in [0.05, 0.1) is 0 Å². The fraction of sp³-hybridized carbons (Fsp3) is 0.333. The lowest BCUT2D eigenvalue weighted by atomic mass is 10.1. The topological polar surface area (TPSA) is 73.5 Å². The Morgan fingerprint density at radius 1 is 0.852 bits per heavy atom. The van der Waals surface area contributed by atoms with Gasteiger partial charge in [-0.3, -0.25) is 4.79 Å². The van der Waals surface area contributed by atoms with E-state index in [1.807, 2.05) is 42.5 Å². The summed E-state index contributed by atoms with van der Waals surface area (Å²) in [4.78, 5) is 26.7. The summed E-state index contributed by atoms with van der Waals surface area (Å²) in [5.41, 5.74) is 2.58. The molecule has 0 radical (unpaired) electrons. The van der Waals surface area contributed by atoms with Crippen molar-refractivity contribution in [1.82, 2.24) is 5.32 Å². The highest BCUT2D eigenvalue weighted by Crippen LogP contribution is 2.21. The van der Waals surface area contributed by atoms with Crippen LogP contribution in [0.4, 0.5) is 21.9 Å². The summed E-state index contributed by atoms with van der Waals surface area (Å²) in [5, 5.41) is 8.18. The highest BCUT2D eigenvalue weighted by Gasteiger charge is 2.16. The molecular weight excluding hydrogens is 340 g/mol. The van der Waals surface area contributed by atoms with E-state index in [2.05, 4.69) is 20.9 Å². The van der Waals surface area contributed by atoms with Crippen LogP contribution in [0.15, 0.2) is 54.6 Å². The molecule has 0 bridgehead atoms. The summed E-state index contributed by atoms with van der Waals surface area (Å²) >= 11 is 0. The second kappa shape index (κ2) is 9.07. The van der Waals surface area contributed by atoms with Gasteiger partial charge in [0.15, 0.2) is 0 Å². The summed E-state index contributed by atoms with van der Waals surface area (Å²) in [5.74, 6) is -0.260. The molecule has 1 saturated heterocycles. The molecule has 1 aliphatic rings. The van der Waals surface area contributed by atoms with Crippen molar-refractivity contribution in [2.75, 3.05) is 28.6 Å². The second-order valence-electron chi connectivity index (χ2n) is 6.77. The summed E-state index contributed by atoms with van der Waals surface area (Å²) in [6.45, 7) is 3.83. The van der Waals surface area contributed by atoms with Crippen LogP contribution in [-0.2, 0) is 4.79 Å². The lowest BCUT2D eigenvalue weighted by Crippen LogP contribution is -2.43. The van der Waals surface area contributed by atoms with Gasteiger partial charge in [-0.15, -0.1) is 0 Å². The number of nitrogens with zero attached hydrogens (tertiary/aromatic N) is 1. The quantitative estimate of drug-likeness (QED) is 0.753. The molecule has 0 spiro atoms. The summed E-state index contributed by atoms with van der Waals surface area (Å²) < 4.78 is 0. The Morgan fingerprint density at radius 2 is 1.48 bits per heavy atom. The van der Waals surface area contributed by atoms with Crippen LogP contribution < -0.4 is 20.9 Å². The molecule has 1 heterocycles. The molecule has 2 aromatic carbocycles. The first-order valence-corrected chi connectivity index (χ1v) is 9.40. The van der Waals surface area contributed by atoms with Crippen molar-refractivity contribution in [3.8, 4) is 0 Å². The predicted octanol–water partition coefficient (Wildman–Crippen LogP) is 3.83. The SMILES string of the molecule is CC(NC(=O)Nc1ccccc1)C(=O)Nc1ccc(N2CCCCC2)cc1. The van der Waals surface area contributed by atoms with E-state index in [0.29, 0.717) is 5.69 Å². The molecular formula is C21H26N4O2. The summed E-state index contributed by atoms with van der Waals surface area (Å²) in [7, 11) is 0. The summed E-state index contributed by atoms with van der Waals surface area (Å²) in [6.07, 6.45) is 3.76. The van der Waals surface area contributed by atoms with Crippen molar-refractivity contribution in [2.45, 2.75) is 32.2 Å². The molecule has 1 unspecified atom stereocenters. The molecule has 27 heavy (non-hydrogen) atoms. The maximum atomic E-state index is 12.3. The average molecular weight is 366 g/mol. The fourth-order valence-electron chi connectivity index (χ4n) is 3.11. The first-order valence-electron chi connectivity index (χ1n) is 9.40. The largest absolute Gasteiger partial charge is 0.372 e. The van der Waals surface area contributed by atoms with E-state index in [9.17, 15) is 9.59 Å². The van der Waals surface area contributed by atoms with Gasteiger partial charge in [-0.1, -0.05) is 18.2 Å². The number of piperidine rings is 1. The molecule has 1 aliphatic heterocycles. The third-order valence-corrected chi connectivity index (χ3v) is 4.63. The van der Waals surface area contributed by atoms with Crippen LogP contribution in [-0.4, -0.2) is 31.1 Å². The van der Waals surface area contributed by atoms with Gasteiger partial charge < -0.3 is 20.9 Å².